The van der Waals surface area contributed by atoms with E-state index in [1.807, 2.05) is 13.0 Å². The number of hydrogen-bond donors (Lipinski definition) is 0. The second-order valence-corrected chi connectivity index (χ2v) is 5.82. The number of halogens is 1. The minimum absolute atomic E-state index is 0.185. The third-order valence-corrected chi connectivity index (χ3v) is 4.49. The van der Waals surface area contributed by atoms with Gasteiger partial charge in [0, 0.05) is 25.0 Å². The number of hydrogen-bond acceptors (Lipinski definition) is 4. The largest absolute Gasteiger partial charge is 0.296 e. The molecule has 0 spiro atoms. The topological polar surface area (TPSA) is 74.3 Å². The molecule has 0 aliphatic carbocycles. The SMILES string of the molecule is Cc1nn2ccc(C(=O)N(C)c3ccc(C#N)cn3)cc2c1Br. The molecule has 0 aliphatic rings. The minimum atomic E-state index is -0.185. The average Bonchev–Trinajstić information content (AvgIpc) is 2.87. The van der Waals surface area contributed by atoms with E-state index in [-0.39, 0.29) is 5.91 Å². The first-order valence-corrected chi connectivity index (χ1v) is 7.59. The van der Waals surface area contributed by atoms with Gasteiger partial charge in [0.2, 0.25) is 0 Å². The van der Waals surface area contributed by atoms with Crippen LogP contribution in [-0.4, -0.2) is 27.6 Å². The van der Waals surface area contributed by atoms with Crippen molar-refractivity contribution in [3.8, 4) is 6.07 Å². The first-order valence-electron chi connectivity index (χ1n) is 6.80. The number of pyridine rings is 2. The Bertz CT molecular complexity index is 939. The highest BCUT2D eigenvalue weighted by molar-refractivity contribution is 9.10. The Hall–Kier alpha value is -2.72. The molecule has 0 radical (unpaired) electrons. The van der Waals surface area contributed by atoms with E-state index in [9.17, 15) is 4.79 Å². The van der Waals surface area contributed by atoms with Gasteiger partial charge in [-0.3, -0.25) is 9.69 Å². The van der Waals surface area contributed by atoms with Gasteiger partial charge in [-0.05, 0) is 47.1 Å². The molecular weight excluding hydrogens is 358 g/mol. The Balaban J connectivity index is 1.95. The van der Waals surface area contributed by atoms with Crippen LogP contribution < -0.4 is 4.90 Å². The summed E-state index contributed by atoms with van der Waals surface area (Å²) in [5.74, 6) is 0.299. The molecule has 3 aromatic rings. The first-order chi connectivity index (χ1) is 11.0. The molecule has 0 atom stereocenters. The molecule has 0 fully saturated rings. The van der Waals surface area contributed by atoms with E-state index >= 15 is 0 Å². The molecular formula is C16H12BrN5O. The maximum Gasteiger partial charge on any atom is 0.259 e. The predicted molar refractivity (Wildman–Crippen MR) is 89.3 cm³/mol. The molecule has 1 amide bonds. The summed E-state index contributed by atoms with van der Waals surface area (Å²) in [6, 6.07) is 8.78. The summed E-state index contributed by atoms with van der Waals surface area (Å²) in [5, 5.41) is 13.1. The van der Waals surface area contributed by atoms with Crippen molar-refractivity contribution in [1.82, 2.24) is 14.6 Å². The van der Waals surface area contributed by atoms with Crippen molar-refractivity contribution in [3.05, 3.63) is 58.0 Å². The summed E-state index contributed by atoms with van der Waals surface area (Å²) in [6.45, 7) is 1.89. The maximum atomic E-state index is 12.6. The number of aromatic nitrogens is 3. The van der Waals surface area contributed by atoms with Crippen LogP contribution in [0.4, 0.5) is 5.82 Å². The van der Waals surface area contributed by atoms with Crippen LogP contribution in [0.25, 0.3) is 5.52 Å². The van der Waals surface area contributed by atoms with E-state index in [0.717, 1.165) is 15.7 Å². The lowest BCUT2D eigenvalue weighted by Crippen LogP contribution is -2.27. The monoisotopic (exact) mass is 369 g/mol. The summed E-state index contributed by atoms with van der Waals surface area (Å²) in [7, 11) is 1.65. The Morgan fingerprint density at radius 3 is 2.83 bits per heavy atom. The molecule has 0 saturated heterocycles. The third-order valence-electron chi connectivity index (χ3n) is 3.51. The second-order valence-electron chi connectivity index (χ2n) is 5.03. The summed E-state index contributed by atoms with van der Waals surface area (Å²) < 4.78 is 2.59. The Labute approximate surface area is 141 Å². The van der Waals surface area contributed by atoms with Gasteiger partial charge in [-0.2, -0.15) is 10.4 Å². The van der Waals surface area contributed by atoms with Gasteiger partial charge in [0.1, 0.15) is 11.9 Å². The van der Waals surface area contributed by atoms with Crippen LogP contribution in [-0.2, 0) is 0 Å². The fourth-order valence-corrected chi connectivity index (χ4v) is 2.59. The highest BCUT2D eigenvalue weighted by Gasteiger charge is 2.16. The maximum absolute atomic E-state index is 12.6. The van der Waals surface area contributed by atoms with E-state index in [0.29, 0.717) is 16.9 Å². The van der Waals surface area contributed by atoms with Crippen LogP contribution in [0.3, 0.4) is 0 Å². The molecule has 0 unspecified atom stereocenters. The number of carbonyl (C=O) groups excluding carboxylic acids is 1. The van der Waals surface area contributed by atoms with Crippen LogP contribution in [0.5, 0.6) is 0 Å². The molecule has 6 nitrogen and oxygen atoms in total. The highest BCUT2D eigenvalue weighted by Crippen LogP contribution is 2.23. The van der Waals surface area contributed by atoms with Crippen LogP contribution in [0.15, 0.2) is 41.1 Å². The molecule has 114 valence electrons. The quantitative estimate of drug-likeness (QED) is 0.695. The van der Waals surface area contributed by atoms with E-state index in [2.05, 4.69) is 26.0 Å². The Kier molecular flexibility index (Phi) is 3.84. The van der Waals surface area contributed by atoms with Crippen LogP contribution >= 0.6 is 15.9 Å². The van der Waals surface area contributed by atoms with Crippen molar-refractivity contribution in [1.29, 1.82) is 5.26 Å². The lowest BCUT2D eigenvalue weighted by atomic mass is 10.2. The molecule has 0 saturated carbocycles. The molecule has 0 aliphatic heterocycles. The molecule has 7 heteroatoms. The fourth-order valence-electron chi connectivity index (χ4n) is 2.22. The van der Waals surface area contributed by atoms with Gasteiger partial charge in [-0.1, -0.05) is 0 Å². The lowest BCUT2D eigenvalue weighted by Gasteiger charge is -2.16. The normalized spacial score (nSPS) is 10.5. The van der Waals surface area contributed by atoms with Gasteiger partial charge < -0.3 is 0 Å². The van der Waals surface area contributed by atoms with E-state index in [1.165, 1.54) is 11.1 Å². The molecule has 3 aromatic heterocycles. The van der Waals surface area contributed by atoms with E-state index in [1.54, 1.807) is 42.0 Å². The molecule has 3 heterocycles. The zero-order chi connectivity index (χ0) is 16.6. The summed E-state index contributed by atoms with van der Waals surface area (Å²) in [5.41, 5.74) is 2.67. The summed E-state index contributed by atoms with van der Waals surface area (Å²) in [4.78, 5) is 18.2. The van der Waals surface area contributed by atoms with Crippen molar-refractivity contribution in [3.63, 3.8) is 0 Å². The van der Waals surface area contributed by atoms with Crippen molar-refractivity contribution in [2.45, 2.75) is 6.92 Å². The summed E-state index contributed by atoms with van der Waals surface area (Å²) in [6.07, 6.45) is 3.19. The standard InChI is InChI=1S/C16H12BrN5O/c1-10-15(17)13-7-12(5-6-22(13)20-10)16(23)21(2)14-4-3-11(8-18)9-19-14/h3-7,9H,1-2H3. The first kappa shape index (κ1) is 15.2. The number of nitriles is 1. The van der Waals surface area contributed by atoms with Gasteiger partial charge in [0.15, 0.2) is 0 Å². The lowest BCUT2D eigenvalue weighted by molar-refractivity contribution is 0.0992. The van der Waals surface area contributed by atoms with Crippen LogP contribution in [0.1, 0.15) is 21.6 Å². The van der Waals surface area contributed by atoms with Crippen molar-refractivity contribution < 1.29 is 4.79 Å². The smallest absolute Gasteiger partial charge is 0.259 e. The zero-order valence-corrected chi connectivity index (χ0v) is 14.1. The molecule has 0 bridgehead atoms. The second kappa shape index (κ2) is 5.82. The van der Waals surface area contributed by atoms with Gasteiger partial charge in [0.05, 0.1) is 21.2 Å². The van der Waals surface area contributed by atoms with E-state index < -0.39 is 0 Å². The van der Waals surface area contributed by atoms with Gasteiger partial charge in [0.25, 0.3) is 5.91 Å². The number of aryl methyl sites for hydroxylation is 1. The number of anilines is 1. The third kappa shape index (κ3) is 2.69. The van der Waals surface area contributed by atoms with Gasteiger partial charge in [-0.15, -0.1) is 0 Å². The van der Waals surface area contributed by atoms with Gasteiger partial charge >= 0.3 is 0 Å². The van der Waals surface area contributed by atoms with Crippen molar-refractivity contribution in [2.75, 3.05) is 11.9 Å². The molecule has 3 rings (SSSR count). The van der Waals surface area contributed by atoms with Crippen molar-refractivity contribution in [2.24, 2.45) is 0 Å². The van der Waals surface area contributed by atoms with Crippen molar-refractivity contribution >= 4 is 33.2 Å². The highest BCUT2D eigenvalue weighted by atomic mass is 79.9. The Morgan fingerprint density at radius 2 is 2.17 bits per heavy atom. The minimum Gasteiger partial charge on any atom is -0.296 e. The van der Waals surface area contributed by atoms with Crippen LogP contribution in [0.2, 0.25) is 0 Å². The zero-order valence-electron chi connectivity index (χ0n) is 12.5. The molecule has 0 N–H and O–H groups in total. The average molecular weight is 370 g/mol. The number of carbonyl (C=O) groups is 1. The van der Waals surface area contributed by atoms with Crippen LogP contribution in [0, 0.1) is 18.3 Å². The number of amides is 1. The number of fused-ring (bicyclic) bond motifs is 1. The molecule has 23 heavy (non-hydrogen) atoms. The van der Waals surface area contributed by atoms with E-state index in [4.69, 9.17) is 5.26 Å². The summed E-state index contributed by atoms with van der Waals surface area (Å²) >= 11 is 3.48. The molecule has 0 aromatic carbocycles. The number of nitrogens with zero attached hydrogens (tertiary/aromatic N) is 5. The predicted octanol–water partition coefficient (Wildman–Crippen LogP) is 2.95. The fraction of sp³-hybridized carbons (Fsp3) is 0.125. The van der Waals surface area contributed by atoms with Gasteiger partial charge in [-0.25, -0.2) is 9.50 Å². The number of rotatable bonds is 2. The Morgan fingerprint density at radius 1 is 1.39 bits per heavy atom.